The number of fused-ring (bicyclic) bond motifs is 5. The van der Waals surface area contributed by atoms with Gasteiger partial charge < -0.3 is 14.9 Å². The Hall–Kier alpha value is -1.32. The van der Waals surface area contributed by atoms with E-state index >= 15 is 0 Å². The van der Waals surface area contributed by atoms with Gasteiger partial charge in [-0.3, -0.25) is 0 Å². The number of aliphatic hydroxyl groups is 2. The molecule has 1 aromatic carbocycles. The summed E-state index contributed by atoms with van der Waals surface area (Å²) in [5.41, 5.74) is 0.513. The zero-order valence-electron chi connectivity index (χ0n) is 19.4. The predicted molar refractivity (Wildman–Crippen MR) is 124 cm³/mol. The van der Waals surface area contributed by atoms with E-state index in [2.05, 4.69) is 26.5 Å². The molecule has 4 aliphatic carbocycles. The van der Waals surface area contributed by atoms with Gasteiger partial charge in [0, 0.05) is 0 Å². The highest BCUT2D eigenvalue weighted by molar-refractivity contribution is 5.33. The van der Waals surface area contributed by atoms with E-state index in [1.54, 1.807) is 6.08 Å². The first kappa shape index (κ1) is 21.5. The second-order valence-corrected chi connectivity index (χ2v) is 11.7. The van der Waals surface area contributed by atoms with Crippen LogP contribution in [0, 0.1) is 34.5 Å². The van der Waals surface area contributed by atoms with Gasteiger partial charge in [0.1, 0.15) is 12.4 Å². The molecule has 0 amide bonds. The standard InChI is InChI=1S/C28H40O3/c1-4-16-31-21-7-5-6-20(17-21)28(30)15-12-19-8-9-22-23-10-11-25(29)26(23,2)14-13-24(22)27(19,3)18-28/h4-7,17,19,22-25,29-30H,1,8-16,18H2,2-3H3/t19?,22-,23-,24+,25?,26-,27-,28?/m0/s1. The largest absolute Gasteiger partial charge is 0.490 e. The number of ether oxygens (including phenoxy) is 1. The summed E-state index contributed by atoms with van der Waals surface area (Å²) in [7, 11) is 0. The van der Waals surface area contributed by atoms with Gasteiger partial charge in [0.15, 0.2) is 0 Å². The Morgan fingerprint density at radius 3 is 2.65 bits per heavy atom. The van der Waals surface area contributed by atoms with Crippen LogP contribution in [-0.4, -0.2) is 22.9 Å². The zero-order chi connectivity index (χ0) is 21.9. The van der Waals surface area contributed by atoms with Crippen LogP contribution in [0.25, 0.3) is 0 Å². The first-order chi connectivity index (χ1) is 14.8. The molecule has 0 aliphatic heterocycles. The van der Waals surface area contributed by atoms with Gasteiger partial charge in [-0.1, -0.05) is 38.6 Å². The fourth-order valence-electron chi connectivity index (χ4n) is 8.67. The molecule has 0 heterocycles. The van der Waals surface area contributed by atoms with E-state index in [1.165, 1.54) is 25.7 Å². The van der Waals surface area contributed by atoms with E-state index in [-0.39, 0.29) is 16.9 Å². The number of hydrogen-bond donors (Lipinski definition) is 2. The van der Waals surface area contributed by atoms with Crippen LogP contribution >= 0.6 is 0 Å². The van der Waals surface area contributed by atoms with Gasteiger partial charge in [0.25, 0.3) is 0 Å². The van der Waals surface area contributed by atoms with Crippen molar-refractivity contribution in [3.63, 3.8) is 0 Å². The third-order valence-corrected chi connectivity index (χ3v) is 10.3. The quantitative estimate of drug-likeness (QED) is 0.597. The molecule has 8 atom stereocenters. The molecule has 0 saturated heterocycles. The molecule has 0 radical (unpaired) electrons. The highest BCUT2D eigenvalue weighted by atomic mass is 16.5. The fraction of sp³-hybridized carbons (Fsp3) is 0.714. The molecule has 5 rings (SSSR count). The van der Waals surface area contributed by atoms with E-state index in [1.807, 2.05) is 18.2 Å². The van der Waals surface area contributed by atoms with E-state index in [4.69, 9.17) is 4.74 Å². The van der Waals surface area contributed by atoms with Crippen molar-refractivity contribution in [3.8, 4) is 5.75 Å². The maximum Gasteiger partial charge on any atom is 0.120 e. The molecular weight excluding hydrogens is 384 g/mol. The Labute approximate surface area is 187 Å². The van der Waals surface area contributed by atoms with Gasteiger partial charge in [0.2, 0.25) is 0 Å². The van der Waals surface area contributed by atoms with Crippen LogP contribution < -0.4 is 4.74 Å². The second-order valence-electron chi connectivity index (χ2n) is 11.7. The normalized spacial score (nSPS) is 46.5. The lowest BCUT2D eigenvalue weighted by Crippen LogP contribution is -2.56. The smallest absolute Gasteiger partial charge is 0.120 e. The summed E-state index contributed by atoms with van der Waals surface area (Å²) in [4.78, 5) is 0. The Balaban J connectivity index is 1.43. The van der Waals surface area contributed by atoms with Crippen LogP contribution in [0.4, 0.5) is 0 Å². The first-order valence-corrected chi connectivity index (χ1v) is 12.5. The average Bonchev–Trinajstić information content (AvgIpc) is 3.06. The van der Waals surface area contributed by atoms with Crippen molar-refractivity contribution in [1.82, 2.24) is 0 Å². The van der Waals surface area contributed by atoms with Crippen LogP contribution in [0.3, 0.4) is 0 Å². The summed E-state index contributed by atoms with van der Waals surface area (Å²) in [6.45, 7) is 9.06. The second kappa shape index (κ2) is 7.63. The Morgan fingerprint density at radius 2 is 1.84 bits per heavy atom. The first-order valence-electron chi connectivity index (χ1n) is 12.5. The number of benzene rings is 1. The lowest BCUT2D eigenvalue weighted by atomic mass is 9.43. The molecule has 4 fully saturated rings. The van der Waals surface area contributed by atoms with Crippen molar-refractivity contribution < 1.29 is 14.9 Å². The molecular formula is C28H40O3. The fourth-order valence-corrected chi connectivity index (χ4v) is 8.67. The molecule has 0 aromatic heterocycles. The molecule has 3 heteroatoms. The average molecular weight is 425 g/mol. The summed E-state index contributed by atoms with van der Waals surface area (Å²) in [6, 6.07) is 8.10. The van der Waals surface area contributed by atoms with E-state index < -0.39 is 5.60 Å². The van der Waals surface area contributed by atoms with Gasteiger partial charge >= 0.3 is 0 Å². The molecule has 0 spiro atoms. The Morgan fingerprint density at radius 1 is 1.03 bits per heavy atom. The Kier molecular flexibility index (Phi) is 5.29. The summed E-state index contributed by atoms with van der Waals surface area (Å²) in [5, 5.41) is 22.7. The maximum atomic E-state index is 12.0. The van der Waals surface area contributed by atoms with Crippen molar-refractivity contribution in [2.75, 3.05) is 6.61 Å². The van der Waals surface area contributed by atoms with Crippen molar-refractivity contribution in [3.05, 3.63) is 42.5 Å². The number of rotatable bonds is 4. The molecule has 31 heavy (non-hydrogen) atoms. The molecule has 3 unspecified atom stereocenters. The SMILES string of the molecule is C=CCOc1cccc(C2(O)CCC3CC[C@@H]4[C@@H](CC[C@]5(C)C(O)CC[C@@H]45)[C@@]3(C)C2)c1. The van der Waals surface area contributed by atoms with Crippen LogP contribution in [0.1, 0.15) is 77.2 Å². The minimum absolute atomic E-state index is 0.117. The van der Waals surface area contributed by atoms with Crippen LogP contribution in [0.5, 0.6) is 5.75 Å². The van der Waals surface area contributed by atoms with E-state index in [0.717, 1.165) is 43.4 Å². The summed E-state index contributed by atoms with van der Waals surface area (Å²) in [6.07, 6.45) is 11.6. The summed E-state index contributed by atoms with van der Waals surface area (Å²) >= 11 is 0. The third-order valence-electron chi connectivity index (χ3n) is 10.3. The zero-order valence-corrected chi connectivity index (χ0v) is 19.4. The van der Waals surface area contributed by atoms with Gasteiger partial charge in [-0.25, -0.2) is 0 Å². The lowest BCUT2D eigenvalue weighted by Gasteiger charge is -2.62. The van der Waals surface area contributed by atoms with Crippen LogP contribution in [0.2, 0.25) is 0 Å². The lowest BCUT2D eigenvalue weighted by molar-refractivity contribution is -0.165. The topological polar surface area (TPSA) is 49.7 Å². The van der Waals surface area contributed by atoms with E-state index in [9.17, 15) is 10.2 Å². The maximum absolute atomic E-state index is 12.0. The molecule has 0 bridgehead atoms. The molecule has 3 nitrogen and oxygen atoms in total. The van der Waals surface area contributed by atoms with Crippen molar-refractivity contribution in [2.24, 2.45) is 34.5 Å². The monoisotopic (exact) mass is 424 g/mol. The summed E-state index contributed by atoms with van der Waals surface area (Å²) < 4.78 is 5.76. The van der Waals surface area contributed by atoms with Crippen LogP contribution in [-0.2, 0) is 5.60 Å². The molecule has 4 aliphatic rings. The number of aliphatic hydroxyl groups excluding tert-OH is 1. The predicted octanol–water partition coefficient (Wildman–Crippen LogP) is 5.84. The Bertz CT molecular complexity index is 835. The molecule has 1 aromatic rings. The molecule has 170 valence electrons. The van der Waals surface area contributed by atoms with Crippen LogP contribution in [0.15, 0.2) is 36.9 Å². The highest BCUT2D eigenvalue weighted by Crippen LogP contribution is 2.67. The van der Waals surface area contributed by atoms with Gasteiger partial charge in [-0.05, 0) is 110 Å². The third kappa shape index (κ3) is 3.30. The van der Waals surface area contributed by atoms with Crippen molar-refractivity contribution in [2.45, 2.75) is 83.3 Å². The number of hydrogen-bond acceptors (Lipinski definition) is 3. The summed E-state index contributed by atoms with van der Waals surface area (Å²) in [5.74, 6) is 3.56. The van der Waals surface area contributed by atoms with E-state index in [0.29, 0.717) is 30.3 Å². The van der Waals surface area contributed by atoms with Crippen molar-refractivity contribution >= 4 is 0 Å². The van der Waals surface area contributed by atoms with Gasteiger partial charge in [0.05, 0.1) is 11.7 Å². The highest BCUT2D eigenvalue weighted by Gasteiger charge is 2.61. The van der Waals surface area contributed by atoms with Gasteiger partial charge in [-0.2, -0.15) is 0 Å². The minimum atomic E-state index is -0.781. The van der Waals surface area contributed by atoms with Crippen molar-refractivity contribution in [1.29, 1.82) is 0 Å². The molecule has 2 N–H and O–H groups in total. The molecule has 4 saturated carbocycles. The van der Waals surface area contributed by atoms with Gasteiger partial charge in [-0.15, -0.1) is 0 Å². The minimum Gasteiger partial charge on any atom is -0.490 e.